The number of ether oxygens (including phenoxy) is 1. The van der Waals surface area contributed by atoms with Crippen molar-refractivity contribution < 1.29 is 4.74 Å². The largest absolute Gasteiger partial charge is 0.379 e. The van der Waals surface area contributed by atoms with E-state index in [9.17, 15) is 0 Å². The Balaban J connectivity index is 2.82. The summed E-state index contributed by atoms with van der Waals surface area (Å²) in [5, 5.41) is 3.44. The van der Waals surface area contributed by atoms with Crippen LogP contribution in [-0.4, -0.2) is 26.3 Å². The van der Waals surface area contributed by atoms with Crippen LogP contribution in [0.25, 0.3) is 0 Å². The zero-order valence-electron chi connectivity index (χ0n) is 11.5. The van der Waals surface area contributed by atoms with E-state index in [1.54, 1.807) is 0 Å². The first kappa shape index (κ1) is 13.7. The van der Waals surface area contributed by atoms with Crippen molar-refractivity contribution in [1.29, 1.82) is 0 Å². The minimum absolute atomic E-state index is 0.167. The van der Waals surface area contributed by atoms with Gasteiger partial charge < -0.3 is 10.1 Å². The molecular weight excluding hydrogens is 198 g/mol. The first-order valence-electron chi connectivity index (χ1n) is 6.39. The lowest BCUT2D eigenvalue weighted by Gasteiger charge is -2.38. The van der Waals surface area contributed by atoms with Gasteiger partial charge in [0.05, 0.1) is 12.1 Å². The summed E-state index contributed by atoms with van der Waals surface area (Å²) < 4.78 is 5.72. The van der Waals surface area contributed by atoms with Crippen LogP contribution in [0.4, 0.5) is 0 Å². The lowest BCUT2D eigenvalue weighted by Crippen LogP contribution is -2.47. The molecule has 2 heteroatoms. The highest BCUT2D eigenvalue weighted by Crippen LogP contribution is 2.31. The fourth-order valence-electron chi connectivity index (χ4n) is 2.67. The summed E-state index contributed by atoms with van der Waals surface area (Å²) in [7, 11) is 3.86. The van der Waals surface area contributed by atoms with Gasteiger partial charge in [-0.2, -0.15) is 0 Å². The normalized spacial score (nSPS) is 21.4. The van der Waals surface area contributed by atoms with E-state index in [1.165, 1.54) is 31.3 Å². The number of nitrogens with one attached hydrogen (secondary N) is 1. The fourth-order valence-corrected chi connectivity index (χ4v) is 2.67. The Bertz CT molecular complexity index is 240. The quantitative estimate of drug-likeness (QED) is 0.742. The van der Waals surface area contributed by atoms with Crippen molar-refractivity contribution in [1.82, 2.24) is 5.32 Å². The van der Waals surface area contributed by atoms with Crippen LogP contribution in [0.3, 0.4) is 0 Å². The van der Waals surface area contributed by atoms with Crippen LogP contribution >= 0.6 is 0 Å². The van der Waals surface area contributed by atoms with Gasteiger partial charge in [-0.05, 0) is 38.1 Å². The van der Waals surface area contributed by atoms with Crippen molar-refractivity contribution in [2.45, 2.75) is 58.6 Å². The molecule has 0 aromatic rings. The van der Waals surface area contributed by atoms with Crippen LogP contribution in [0.1, 0.15) is 46.5 Å². The molecular formula is C14H27NO. The lowest BCUT2D eigenvalue weighted by molar-refractivity contribution is -0.00176. The van der Waals surface area contributed by atoms with E-state index < -0.39 is 0 Å². The monoisotopic (exact) mass is 225 g/mol. The van der Waals surface area contributed by atoms with Crippen LogP contribution in [0.15, 0.2) is 11.6 Å². The molecule has 1 rings (SSSR count). The number of rotatable bonds is 4. The third-order valence-corrected chi connectivity index (χ3v) is 3.45. The molecule has 0 bridgehead atoms. The maximum Gasteiger partial charge on any atom is 0.0810 e. The minimum atomic E-state index is 0.167. The highest BCUT2D eigenvalue weighted by Gasteiger charge is 2.33. The number of allylic oxidation sites excluding steroid dienone is 1. The molecule has 0 heterocycles. The Kier molecular flexibility index (Phi) is 5.00. The third kappa shape index (κ3) is 3.33. The molecule has 16 heavy (non-hydrogen) atoms. The maximum absolute atomic E-state index is 5.72. The topological polar surface area (TPSA) is 21.3 Å². The third-order valence-electron chi connectivity index (χ3n) is 3.45. The van der Waals surface area contributed by atoms with Gasteiger partial charge in [0.25, 0.3) is 0 Å². The summed E-state index contributed by atoms with van der Waals surface area (Å²) >= 11 is 0. The van der Waals surface area contributed by atoms with E-state index in [0.717, 1.165) is 0 Å². The molecule has 0 saturated heterocycles. The van der Waals surface area contributed by atoms with Gasteiger partial charge in [-0.15, -0.1) is 0 Å². The summed E-state index contributed by atoms with van der Waals surface area (Å²) in [6, 6.07) is 0.366. The molecule has 0 aromatic heterocycles. The van der Waals surface area contributed by atoms with Crippen LogP contribution in [0.5, 0.6) is 0 Å². The standard InChI is InChI=1S/C14H27NO/c1-14(2,3)13(16-5)12(15-4)11-9-7-6-8-10-11/h9,12-13,15H,6-8,10H2,1-5H3. The van der Waals surface area contributed by atoms with Crippen LogP contribution in [0.2, 0.25) is 0 Å². The molecule has 1 aliphatic carbocycles. The second-order valence-corrected chi connectivity index (χ2v) is 5.81. The van der Waals surface area contributed by atoms with Gasteiger partial charge in [-0.1, -0.05) is 32.4 Å². The first-order chi connectivity index (χ1) is 7.50. The van der Waals surface area contributed by atoms with Crippen molar-refractivity contribution in [2.75, 3.05) is 14.2 Å². The summed E-state index contributed by atoms with van der Waals surface area (Å²) in [4.78, 5) is 0. The molecule has 1 N–H and O–H groups in total. The zero-order chi connectivity index (χ0) is 12.2. The summed E-state index contributed by atoms with van der Waals surface area (Å²) in [6.45, 7) is 6.73. The first-order valence-corrected chi connectivity index (χ1v) is 6.39. The SMILES string of the molecule is CNC(C1=CCCCC1)C(OC)C(C)(C)C. The Morgan fingerprint density at radius 3 is 2.38 bits per heavy atom. The molecule has 0 spiro atoms. The number of hydrogen-bond acceptors (Lipinski definition) is 2. The minimum Gasteiger partial charge on any atom is -0.379 e. The molecule has 0 saturated carbocycles. The lowest BCUT2D eigenvalue weighted by atomic mass is 9.79. The zero-order valence-corrected chi connectivity index (χ0v) is 11.5. The molecule has 0 aromatic carbocycles. The molecule has 0 radical (unpaired) electrons. The van der Waals surface area contributed by atoms with Gasteiger partial charge in [0.15, 0.2) is 0 Å². The molecule has 2 unspecified atom stereocenters. The Hall–Kier alpha value is -0.340. The van der Waals surface area contributed by atoms with Crippen LogP contribution in [-0.2, 0) is 4.74 Å². The van der Waals surface area contributed by atoms with E-state index in [2.05, 4.69) is 32.2 Å². The smallest absolute Gasteiger partial charge is 0.0810 e. The van der Waals surface area contributed by atoms with Gasteiger partial charge in [0.2, 0.25) is 0 Å². The Morgan fingerprint density at radius 2 is 2.00 bits per heavy atom. The molecule has 2 atom stereocenters. The predicted molar refractivity (Wildman–Crippen MR) is 69.7 cm³/mol. The van der Waals surface area contributed by atoms with Crippen LogP contribution < -0.4 is 5.32 Å². The van der Waals surface area contributed by atoms with Gasteiger partial charge in [0.1, 0.15) is 0 Å². The molecule has 0 aliphatic heterocycles. The average Bonchev–Trinajstić information content (AvgIpc) is 2.25. The Morgan fingerprint density at radius 1 is 1.31 bits per heavy atom. The van der Waals surface area contributed by atoms with Gasteiger partial charge in [-0.3, -0.25) is 0 Å². The van der Waals surface area contributed by atoms with E-state index >= 15 is 0 Å². The fraction of sp³-hybridized carbons (Fsp3) is 0.857. The molecule has 1 aliphatic rings. The van der Waals surface area contributed by atoms with Crippen molar-refractivity contribution in [2.24, 2.45) is 5.41 Å². The van der Waals surface area contributed by atoms with Crippen molar-refractivity contribution in [3.63, 3.8) is 0 Å². The molecule has 94 valence electrons. The average molecular weight is 225 g/mol. The number of likely N-dealkylation sites (N-methyl/N-ethyl adjacent to an activating group) is 1. The van der Waals surface area contributed by atoms with E-state index in [0.29, 0.717) is 6.04 Å². The summed E-state index contributed by atoms with van der Waals surface area (Å²) in [5.41, 5.74) is 1.70. The summed E-state index contributed by atoms with van der Waals surface area (Å²) in [6.07, 6.45) is 7.76. The van der Waals surface area contributed by atoms with Crippen molar-refractivity contribution in [3.8, 4) is 0 Å². The van der Waals surface area contributed by atoms with E-state index in [4.69, 9.17) is 4.74 Å². The molecule has 0 amide bonds. The molecule has 2 nitrogen and oxygen atoms in total. The van der Waals surface area contributed by atoms with Gasteiger partial charge in [0, 0.05) is 7.11 Å². The van der Waals surface area contributed by atoms with E-state index in [-0.39, 0.29) is 11.5 Å². The maximum atomic E-state index is 5.72. The predicted octanol–water partition coefficient (Wildman–Crippen LogP) is 3.14. The van der Waals surface area contributed by atoms with E-state index in [1.807, 2.05) is 14.2 Å². The van der Waals surface area contributed by atoms with Crippen LogP contribution in [0, 0.1) is 5.41 Å². The van der Waals surface area contributed by atoms with Gasteiger partial charge >= 0.3 is 0 Å². The van der Waals surface area contributed by atoms with Gasteiger partial charge in [-0.25, -0.2) is 0 Å². The highest BCUT2D eigenvalue weighted by molar-refractivity contribution is 5.16. The Labute approximate surface area is 100 Å². The second-order valence-electron chi connectivity index (χ2n) is 5.81. The number of methoxy groups -OCH3 is 1. The van der Waals surface area contributed by atoms with Crippen molar-refractivity contribution in [3.05, 3.63) is 11.6 Å². The highest BCUT2D eigenvalue weighted by atomic mass is 16.5. The van der Waals surface area contributed by atoms with Crippen molar-refractivity contribution >= 4 is 0 Å². The second kappa shape index (κ2) is 5.83. The summed E-state index contributed by atoms with van der Waals surface area (Å²) in [5.74, 6) is 0. The molecule has 0 fully saturated rings. The number of hydrogen-bond donors (Lipinski definition) is 1.